The maximum atomic E-state index is 8.91. The van der Waals surface area contributed by atoms with Gasteiger partial charge in [-0.1, -0.05) is 35.0 Å². The summed E-state index contributed by atoms with van der Waals surface area (Å²) in [5.41, 5.74) is 3.11. The highest BCUT2D eigenvalue weighted by atomic mass is 16.4. The molecule has 0 radical (unpaired) electrons. The second-order valence-electron chi connectivity index (χ2n) is 4.06. The Balaban J connectivity index is 2.14. The molecule has 1 aromatic rings. The van der Waals surface area contributed by atoms with Gasteiger partial charge in [0, 0.05) is 0 Å². The van der Waals surface area contributed by atoms with Gasteiger partial charge < -0.3 is 5.21 Å². The predicted octanol–water partition coefficient (Wildman–Crippen LogP) is 2.97. The van der Waals surface area contributed by atoms with E-state index in [0.29, 0.717) is 0 Å². The monoisotopic (exact) mass is 189 g/mol. The zero-order chi connectivity index (χ0) is 9.97. The van der Waals surface area contributed by atoms with Crippen molar-refractivity contribution in [1.82, 2.24) is 0 Å². The highest BCUT2D eigenvalue weighted by Gasteiger charge is 2.24. The Kier molecular flexibility index (Phi) is 2.53. The molecule has 1 saturated carbocycles. The lowest BCUT2D eigenvalue weighted by Crippen LogP contribution is -2.01. The Bertz CT molecular complexity index is 336. The predicted molar refractivity (Wildman–Crippen MR) is 56.8 cm³/mol. The summed E-state index contributed by atoms with van der Waals surface area (Å²) in [6.45, 7) is 2.06. The van der Waals surface area contributed by atoms with Gasteiger partial charge in [-0.25, -0.2) is 0 Å². The van der Waals surface area contributed by atoms with Crippen LogP contribution in [0.3, 0.4) is 0 Å². The van der Waals surface area contributed by atoms with Crippen molar-refractivity contribution in [2.24, 2.45) is 11.1 Å². The standard InChI is InChI=1S/C12H15NO/c1-9-2-6-11(7-3-9)12(13-14)8-10-4-5-10/h2-3,6-7,10,14H,4-5,8H2,1H3. The van der Waals surface area contributed by atoms with Crippen molar-refractivity contribution >= 4 is 5.71 Å². The van der Waals surface area contributed by atoms with E-state index in [1.807, 2.05) is 24.3 Å². The first-order valence-corrected chi connectivity index (χ1v) is 5.07. The second kappa shape index (κ2) is 3.82. The minimum absolute atomic E-state index is 0.752. The normalized spacial score (nSPS) is 17.1. The van der Waals surface area contributed by atoms with E-state index in [2.05, 4.69) is 12.1 Å². The molecule has 1 aliphatic rings. The fourth-order valence-electron chi connectivity index (χ4n) is 1.56. The Labute approximate surface area is 84.3 Å². The zero-order valence-electron chi connectivity index (χ0n) is 8.40. The smallest absolute Gasteiger partial charge is 0.0870 e. The van der Waals surface area contributed by atoms with Crippen molar-refractivity contribution in [1.29, 1.82) is 0 Å². The van der Waals surface area contributed by atoms with Crippen LogP contribution in [-0.2, 0) is 0 Å². The van der Waals surface area contributed by atoms with Gasteiger partial charge in [0.15, 0.2) is 0 Å². The Hall–Kier alpha value is -1.31. The number of aryl methyl sites for hydroxylation is 1. The highest BCUT2D eigenvalue weighted by Crippen LogP contribution is 2.33. The summed E-state index contributed by atoms with van der Waals surface area (Å²) in [4.78, 5) is 0. The van der Waals surface area contributed by atoms with Gasteiger partial charge in [0.2, 0.25) is 0 Å². The van der Waals surface area contributed by atoms with E-state index >= 15 is 0 Å². The van der Waals surface area contributed by atoms with Crippen LogP contribution >= 0.6 is 0 Å². The molecule has 1 N–H and O–H groups in total. The molecule has 0 heterocycles. The van der Waals surface area contributed by atoms with E-state index in [1.165, 1.54) is 18.4 Å². The number of benzene rings is 1. The number of nitrogens with zero attached hydrogens (tertiary/aromatic N) is 1. The molecule has 2 rings (SSSR count). The molecular weight excluding hydrogens is 174 g/mol. The van der Waals surface area contributed by atoms with Gasteiger partial charge >= 0.3 is 0 Å². The van der Waals surface area contributed by atoms with Crippen LogP contribution in [0, 0.1) is 12.8 Å². The fraction of sp³-hybridized carbons (Fsp3) is 0.417. The number of hydrogen-bond donors (Lipinski definition) is 1. The largest absolute Gasteiger partial charge is 0.411 e. The van der Waals surface area contributed by atoms with Crippen molar-refractivity contribution in [2.75, 3.05) is 0 Å². The van der Waals surface area contributed by atoms with Gasteiger partial charge in [0.05, 0.1) is 5.71 Å². The maximum absolute atomic E-state index is 8.91. The second-order valence-corrected chi connectivity index (χ2v) is 4.06. The van der Waals surface area contributed by atoms with Crippen molar-refractivity contribution in [2.45, 2.75) is 26.2 Å². The van der Waals surface area contributed by atoms with Crippen LogP contribution in [0.5, 0.6) is 0 Å². The maximum Gasteiger partial charge on any atom is 0.0870 e. The third-order valence-electron chi connectivity index (χ3n) is 2.68. The molecule has 0 bridgehead atoms. The van der Waals surface area contributed by atoms with Crippen molar-refractivity contribution in [3.8, 4) is 0 Å². The quantitative estimate of drug-likeness (QED) is 0.442. The molecule has 0 aromatic heterocycles. The molecule has 0 aliphatic heterocycles. The van der Waals surface area contributed by atoms with Crippen molar-refractivity contribution < 1.29 is 5.21 Å². The van der Waals surface area contributed by atoms with Crippen LogP contribution in [0.4, 0.5) is 0 Å². The molecule has 1 fully saturated rings. The molecular formula is C12H15NO. The first kappa shape index (κ1) is 9.25. The molecule has 0 unspecified atom stereocenters. The van der Waals surface area contributed by atoms with Gasteiger partial charge in [-0.15, -0.1) is 0 Å². The van der Waals surface area contributed by atoms with E-state index in [-0.39, 0.29) is 0 Å². The summed E-state index contributed by atoms with van der Waals surface area (Å²) in [6, 6.07) is 8.14. The Morgan fingerprint density at radius 2 is 2.00 bits per heavy atom. The highest BCUT2D eigenvalue weighted by molar-refractivity contribution is 6.00. The molecule has 0 spiro atoms. The van der Waals surface area contributed by atoms with Crippen LogP contribution in [0.25, 0.3) is 0 Å². The van der Waals surface area contributed by atoms with E-state index in [1.54, 1.807) is 0 Å². The van der Waals surface area contributed by atoms with Crippen LogP contribution in [0.2, 0.25) is 0 Å². The van der Waals surface area contributed by atoms with Crippen LogP contribution in [0.15, 0.2) is 29.4 Å². The average molecular weight is 189 g/mol. The molecule has 1 aromatic carbocycles. The molecule has 0 amide bonds. The third kappa shape index (κ3) is 2.13. The number of oxime groups is 1. The van der Waals surface area contributed by atoms with Crippen LogP contribution < -0.4 is 0 Å². The van der Waals surface area contributed by atoms with Crippen molar-refractivity contribution in [3.63, 3.8) is 0 Å². The lowest BCUT2D eigenvalue weighted by molar-refractivity contribution is 0.317. The van der Waals surface area contributed by atoms with E-state index in [4.69, 9.17) is 5.21 Å². The van der Waals surface area contributed by atoms with E-state index in [9.17, 15) is 0 Å². The first-order valence-electron chi connectivity index (χ1n) is 5.07. The van der Waals surface area contributed by atoms with Crippen molar-refractivity contribution in [3.05, 3.63) is 35.4 Å². The average Bonchev–Trinajstić information content (AvgIpc) is 3.00. The summed E-state index contributed by atoms with van der Waals surface area (Å²) in [7, 11) is 0. The number of rotatable bonds is 3. The van der Waals surface area contributed by atoms with Crippen LogP contribution in [-0.4, -0.2) is 10.9 Å². The topological polar surface area (TPSA) is 32.6 Å². The summed E-state index contributed by atoms with van der Waals surface area (Å²) in [5.74, 6) is 0.752. The van der Waals surface area contributed by atoms with Gasteiger partial charge in [-0.3, -0.25) is 0 Å². The minimum Gasteiger partial charge on any atom is -0.411 e. The summed E-state index contributed by atoms with van der Waals surface area (Å²) >= 11 is 0. The lowest BCUT2D eigenvalue weighted by atomic mass is 10.0. The lowest BCUT2D eigenvalue weighted by Gasteiger charge is -2.03. The molecule has 0 atom stereocenters. The summed E-state index contributed by atoms with van der Waals surface area (Å²) in [5, 5.41) is 12.3. The van der Waals surface area contributed by atoms with Gasteiger partial charge in [-0.05, 0) is 37.7 Å². The summed E-state index contributed by atoms with van der Waals surface area (Å²) < 4.78 is 0. The number of hydrogen-bond acceptors (Lipinski definition) is 2. The first-order chi connectivity index (χ1) is 6.79. The van der Waals surface area contributed by atoms with Gasteiger partial charge in [0.25, 0.3) is 0 Å². The third-order valence-corrected chi connectivity index (χ3v) is 2.68. The SMILES string of the molecule is Cc1ccc(C(CC2CC2)=NO)cc1. The summed E-state index contributed by atoms with van der Waals surface area (Å²) in [6.07, 6.45) is 3.48. The fourth-order valence-corrected chi connectivity index (χ4v) is 1.56. The Morgan fingerprint density at radius 1 is 1.36 bits per heavy atom. The van der Waals surface area contributed by atoms with E-state index in [0.717, 1.165) is 23.6 Å². The molecule has 2 nitrogen and oxygen atoms in total. The Morgan fingerprint density at radius 3 is 2.50 bits per heavy atom. The zero-order valence-corrected chi connectivity index (χ0v) is 8.40. The minimum atomic E-state index is 0.752. The molecule has 0 saturated heterocycles. The molecule has 14 heavy (non-hydrogen) atoms. The molecule has 2 heteroatoms. The van der Waals surface area contributed by atoms with Crippen LogP contribution in [0.1, 0.15) is 30.4 Å². The van der Waals surface area contributed by atoms with E-state index < -0.39 is 0 Å². The van der Waals surface area contributed by atoms with Gasteiger partial charge in [0.1, 0.15) is 0 Å². The molecule has 1 aliphatic carbocycles. The van der Waals surface area contributed by atoms with Gasteiger partial charge in [-0.2, -0.15) is 0 Å². The molecule has 74 valence electrons.